The van der Waals surface area contributed by atoms with Crippen molar-refractivity contribution in [2.24, 2.45) is 0 Å². The van der Waals surface area contributed by atoms with Gasteiger partial charge in [0.25, 0.3) is 11.5 Å². The number of aromatic nitrogens is 4. The van der Waals surface area contributed by atoms with E-state index in [9.17, 15) is 14.4 Å². The molecule has 0 saturated carbocycles. The third kappa shape index (κ3) is 4.36. The molecular formula is C28H27N7O3. The molecule has 5 aromatic rings. The van der Waals surface area contributed by atoms with Gasteiger partial charge in [-0.1, -0.05) is 36.4 Å². The maximum atomic E-state index is 14.1. The SMILES string of the molecule is CC(=O)N(C)Cc1cccc2cc([C@H](C)NC(=O)c3c(N)nn4cccnc34)n(-c3ccccc3)c(=O)c12. The van der Waals surface area contributed by atoms with Gasteiger partial charge in [0.05, 0.1) is 11.4 Å². The lowest BCUT2D eigenvalue weighted by Gasteiger charge is -2.22. The van der Waals surface area contributed by atoms with Gasteiger partial charge in [-0.15, -0.1) is 5.10 Å². The van der Waals surface area contributed by atoms with Crippen molar-refractivity contribution in [3.63, 3.8) is 0 Å². The smallest absolute Gasteiger partial charge is 0.263 e. The highest BCUT2D eigenvalue weighted by Crippen LogP contribution is 2.25. The van der Waals surface area contributed by atoms with E-state index in [0.29, 0.717) is 34.3 Å². The molecule has 10 nitrogen and oxygen atoms in total. The minimum Gasteiger partial charge on any atom is -0.381 e. The van der Waals surface area contributed by atoms with Crippen LogP contribution >= 0.6 is 0 Å². The first-order chi connectivity index (χ1) is 18.3. The highest BCUT2D eigenvalue weighted by molar-refractivity contribution is 6.04. The molecule has 0 spiro atoms. The van der Waals surface area contributed by atoms with Gasteiger partial charge in [0.1, 0.15) is 5.56 Å². The zero-order chi connectivity index (χ0) is 27.0. The number of anilines is 1. The fourth-order valence-electron chi connectivity index (χ4n) is 4.58. The van der Waals surface area contributed by atoms with E-state index in [4.69, 9.17) is 5.73 Å². The van der Waals surface area contributed by atoms with Crippen LogP contribution in [0.5, 0.6) is 0 Å². The number of carbonyl (C=O) groups excluding carboxylic acids is 2. The highest BCUT2D eigenvalue weighted by atomic mass is 16.2. The fourth-order valence-corrected chi connectivity index (χ4v) is 4.58. The van der Waals surface area contributed by atoms with E-state index in [1.807, 2.05) is 54.6 Å². The zero-order valence-electron chi connectivity index (χ0n) is 21.3. The average Bonchev–Trinajstić information content (AvgIpc) is 3.24. The number of nitrogen functional groups attached to an aromatic ring is 1. The Bertz CT molecular complexity index is 1740. The molecule has 192 valence electrons. The van der Waals surface area contributed by atoms with Crippen molar-refractivity contribution in [2.75, 3.05) is 12.8 Å². The predicted octanol–water partition coefficient (Wildman–Crippen LogP) is 3.08. The molecule has 1 atom stereocenters. The molecule has 0 radical (unpaired) electrons. The first kappa shape index (κ1) is 24.7. The minimum absolute atomic E-state index is 0.0617. The number of pyridine rings is 1. The van der Waals surface area contributed by atoms with Crippen LogP contribution in [-0.4, -0.2) is 42.9 Å². The number of fused-ring (bicyclic) bond motifs is 2. The van der Waals surface area contributed by atoms with E-state index in [1.54, 1.807) is 41.9 Å². The van der Waals surface area contributed by atoms with Gasteiger partial charge in [-0.05, 0) is 42.1 Å². The maximum absolute atomic E-state index is 14.1. The van der Waals surface area contributed by atoms with Crippen LogP contribution < -0.4 is 16.6 Å². The van der Waals surface area contributed by atoms with Crippen LogP contribution in [-0.2, 0) is 11.3 Å². The monoisotopic (exact) mass is 509 g/mol. The largest absolute Gasteiger partial charge is 0.381 e. The molecule has 0 unspecified atom stereocenters. The summed E-state index contributed by atoms with van der Waals surface area (Å²) in [5.74, 6) is -0.487. The average molecular weight is 510 g/mol. The van der Waals surface area contributed by atoms with Crippen LogP contribution in [0.25, 0.3) is 22.1 Å². The van der Waals surface area contributed by atoms with E-state index in [0.717, 1.165) is 5.56 Å². The van der Waals surface area contributed by atoms with Gasteiger partial charge >= 0.3 is 0 Å². The predicted molar refractivity (Wildman–Crippen MR) is 145 cm³/mol. The van der Waals surface area contributed by atoms with Crippen molar-refractivity contribution >= 4 is 34.1 Å². The second-order valence-corrected chi connectivity index (χ2v) is 9.15. The summed E-state index contributed by atoms with van der Waals surface area (Å²) in [6.45, 7) is 3.59. The van der Waals surface area contributed by atoms with Gasteiger partial charge in [-0.2, -0.15) is 0 Å². The number of para-hydroxylation sites is 1. The number of rotatable bonds is 6. The van der Waals surface area contributed by atoms with E-state index < -0.39 is 11.9 Å². The Morgan fingerprint density at radius 2 is 1.87 bits per heavy atom. The van der Waals surface area contributed by atoms with Crippen molar-refractivity contribution in [3.8, 4) is 5.69 Å². The maximum Gasteiger partial charge on any atom is 0.263 e. The third-order valence-corrected chi connectivity index (χ3v) is 6.56. The number of nitrogens with two attached hydrogens (primary N) is 1. The summed E-state index contributed by atoms with van der Waals surface area (Å²) in [4.78, 5) is 45.1. The molecule has 0 aliphatic carbocycles. The number of carbonyl (C=O) groups is 2. The topological polar surface area (TPSA) is 128 Å². The van der Waals surface area contributed by atoms with Gasteiger partial charge in [0.2, 0.25) is 5.91 Å². The van der Waals surface area contributed by atoms with E-state index in [1.165, 1.54) is 11.4 Å². The van der Waals surface area contributed by atoms with Crippen LogP contribution in [0.4, 0.5) is 5.82 Å². The molecule has 3 aromatic heterocycles. The number of hydrogen-bond donors (Lipinski definition) is 2. The normalized spacial score (nSPS) is 12.0. The molecule has 0 aliphatic heterocycles. The number of benzene rings is 2. The Hall–Kier alpha value is -4.99. The molecule has 10 heteroatoms. The molecule has 0 bridgehead atoms. The quantitative estimate of drug-likeness (QED) is 0.362. The zero-order valence-corrected chi connectivity index (χ0v) is 21.3. The summed E-state index contributed by atoms with van der Waals surface area (Å²) >= 11 is 0. The Balaban J connectivity index is 1.63. The van der Waals surface area contributed by atoms with Gasteiger partial charge < -0.3 is 16.0 Å². The molecular weight excluding hydrogens is 482 g/mol. The lowest BCUT2D eigenvalue weighted by Crippen LogP contribution is -2.33. The summed E-state index contributed by atoms with van der Waals surface area (Å²) in [5, 5.41) is 8.37. The minimum atomic E-state index is -0.582. The van der Waals surface area contributed by atoms with Crippen molar-refractivity contribution in [1.29, 1.82) is 0 Å². The summed E-state index contributed by atoms with van der Waals surface area (Å²) in [7, 11) is 1.70. The highest BCUT2D eigenvalue weighted by Gasteiger charge is 2.24. The summed E-state index contributed by atoms with van der Waals surface area (Å²) < 4.78 is 3.05. The summed E-state index contributed by atoms with van der Waals surface area (Å²) in [5.41, 5.74) is 8.30. The molecule has 3 heterocycles. The molecule has 38 heavy (non-hydrogen) atoms. The van der Waals surface area contributed by atoms with Crippen LogP contribution in [0.2, 0.25) is 0 Å². The molecule has 0 aliphatic rings. The van der Waals surface area contributed by atoms with Crippen molar-refractivity contribution in [1.82, 2.24) is 29.4 Å². The van der Waals surface area contributed by atoms with Crippen molar-refractivity contribution in [2.45, 2.75) is 26.4 Å². The van der Waals surface area contributed by atoms with Crippen LogP contribution in [0.1, 0.15) is 41.5 Å². The molecule has 3 N–H and O–H groups in total. The van der Waals surface area contributed by atoms with E-state index in [-0.39, 0.29) is 22.8 Å². The van der Waals surface area contributed by atoms with Crippen LogP contribution in [0.15, 0.2) is 77.9 Å². The first-order valence-corrected chi connectivity index (χ1v) is 12.1. The molecule has 2 aromatic carbocycles. The van der Waals surface area contributed by atoms with E-state index >= 15 is 0 Å². The number of nitrogens with one attached hydrogen (secondary N) is 1. The Labute approximate surface area is 218 Å². The lowest BCUT2D eigenvalue weighted by molar-refractivity contribution is -0.128. The fraction of sp³-hybridized carbons (Fsp3) is 0.179. The van der Waals surface area contributed by atoms with Gasteiger partial charge in [-0.25, -0.2) is 9.50 Å². The number of hydrogen-bond acceptors (Lipinski definition) is 6. The lowest BCUT2D eigenvalue weighted by atomic mass is 10.0. The van der Waals surface area contributed by atoms with Gasteiger partial charge in [0, 0.05) is 44.3 Å². The second kappa shape index (κ2) is 9.81. The Kier molecular flexibility index (Phi) is 6.38. The van der Waals surface area contributed by atoms with Crippen molar-refractivity contribution < 1.29 is 9.59 Å². The summed E-state index contributed by atoms with van der Waals surface area (Å²) in [6, 6.07) is 17.8. The number of amides is 2. The van der Waals surface area contributed by atoms with E-state index in [2.05, 4.69) is 15.4 Å². The van der Waals surface area contributed by atoms with Crippen molar-refractivity contribution in [3.05, 3.63) is 100 Å². The standard InChI is InChI=1S/C28H27N7O3/c1-17(31-27(37)24-25(29)32-34-14-8-13-30-26(24)34)22-15-19-9-7-10-20(16-33(3)18(2)36)23(19)28(38)35(22)21-11-5-4-6-12-21/h4-15,17H,16H2,1-3H3,(H2,29,32)(H,31,37)/t17-/m0/s1. The molecule has 5 rings (SSSR count). The molecule has 0 saturated heterocycles. The Morgan fingerprint density at radius 3 is 2.61 bits per heavy atom. The second-order valence-electron chi connectivity index (χ2n) is 9.15. The number of nitrogens with zero attached hydrogens (tertiary/aromatic N) is 5. The van der Waals surface area contributed by atoms with Gasteiger partial charge in [0.15, 0.2) is 11.5 Å². The summed E-state index contributed by atoms with van der Waals surface area (Å²) in [6.07, 6.45) is 3.23. The Morgan fingerprint density at radius 1 is 1.11 bits per heavy atom. The molecule has 0 fully saturated rings. The molecule has 2 amide bonds. The van der Waals surface area contributed by atoms with Crippen LogP contribution in [0.3, 0.4) is 0 Å². The van der Waals surface area contributed by atoms with Gasteiger partial charge in [-0.3, -0.25) is 19.0 Å². The van der Waals surface area contributed by atoms with Crippen LogP contribution in [0, 0.1) is 0 Å². The first-order valence-electron chi connectivity index (χ1n) is 12.1. The third-order valence-electron chi connectivity index (χ3n) is 6.56.